The van der Waals surface area contributed by atoms with Gasteiger partial charge in [-0.2, -0.15) is 13.2 Å². The second-order valence-electron chi connectivity index (χ2n) is 11.5. The van der Waals surface area contributed by atoms with Gasteiger partial charge >= 0.3 is 6.18 Å². The second kappa shape index (κ2) is 10.9. The van der Waals surface area contributed by atoms with Gasteiger partial charge in [0.1, 0.15) is 22.8 Å². The highest BCUT2D eigenvalue weighted by Crippen LogP contribution is 2.51. The van der Waals surface area contributed by atoms with E-state index in [4.69, 9.17) is 4.74 Å². The van der Waals surface area contributed by atoms with Crippen molar-refractivity contribution in [1.29, 1.82) is 0 Å². The van der Waals surface area contributed by atoms with Crippen molar-refractivity contribution in [2.75, 3.05) is 44.7 Å². The Hall–Kier alpha value is -4.46. The molecule has 1 aliphatic heterocycles. The van der Waals surface area contributed by atoms with E-state index in [1.54, 1.807) is 15.9 Å². The number of nitrogens with zero attached hydrogens (tertiary/aromatic N) is 2. The van der Waals surface area contributed by atoms with Gasteiger partial charge in [0.25, 0.3) is 0 Å². The number of phenols is 2. The average Bonchev–Trinajstić information content (AvgIpc) is 3.00. The number of hydrogen-bond donors (Lipinski definition) is 4. The van der Waals surface area contributed by atoms with Gasteiger partial charge in [0.15, 0.2) is 11.6 Å². The van der Waals surface area contributed by atoms with E-state index in [0.717, 1.165) is 12.1 Å². The standard InChI is InChI=1S/C32H29F3N2O8/c1-45-21-7-3-6-18-24(21)30(43)26-25(27(18)40)28(41)19-13-31(44,14-20(38)23(19)29(26)42)22(39)15-36-8-10-37(11-9-36)17-5-2-4-16(12-17)32(33,34)35/h2-7,12,20,38,41-42,44H,8-11,13-15H2,1H3/t20-,31-/m0/s1. The van der Waals surface area contributed by atoms with Gasteiger partial charge in [-0.25, -0.2) is 0 Å². The lowest BCUT2D eigenvalue weighted by atomic mass is 9.72. The summed E-state index contributed by atoms with van der Waals surface area (Å²) in [5, 5.41) is 45.0. The van der Waals surface area contributed by atoms with E-state index in [-0.39, 0.29) is 34.5 Å². The van der Waals surface area contributed by atoms with Crippen molar-refractivity contribution < 1.29 is 52.7 Å². The van der Waals surface area contributed by atoms with E-state index in [0.29, 0.717) is 31.9 Å². The van der Waals surface area contributed by atoms with Crippen molar-refractivity contribution in [1.82, 2.24) is 4.90 Å². The molecule has 0 amide bonds. The fourth-order valence-corrected chi connectivity index (χ4v) is 6.55. The number of fused-ring (bicyclic) bond motifs is 3. The van der Waals surface area contributed by atoms with Crippen LogP contribution in [0.15, 0.2) is 42.5 Å². The maximum Gasteiger partial charge on any atom is 0.416 e. The number of halogens is 3. The predicted molar refractivity (Wildman–Crippen MR) is 153 cm³/mol. The van der Waals surface area contributed by atoms with Crippen molar-refractivity contribution in [2.24, 2.45) is 0 Å². The molecule has 45 heavy (non-hydrogen) atoms. The third kappa shape index (κ3) is 5.00. The molecule has 236 valence electrons. The topological polar surface area (TPSA) is 148 Å². The third-order valence-electron chi connectivity index (χ3n) is 8.89. The Morgan fingerprint density at radius 2 is 1.64 bits per heavy atom. The minimum atomic E-state index is -4.48. The Morgan fingerprint density at radius 3 is 2.31 bits per heavy atom. The van der Waals surface area contributed by atoms with Crippen LogP contribution in [0.5, 0.6) is 17.2 Å². The van der Waals surface area contributed by atoms with Crippen molar-refractivity contribution in [2.45, 2.75) is 30.7 Å². The van der Waals surface area contributed by atoms with Crippen LogP contribution < -0.4 is 9.64 Å². The fraction of sp³-hybridized carbons (Fsp3) is 0.344. The molecular weight excluding hydrogens is 597 g/mol. The average molecular weight is 627 g/mol. The molecule has 2 aliphatic carbocycles. The SMILES string of the molecule is COc1cccc2c1C(=O)c1c(O)c3c(c(O)c1C2=O)C[C@@](O)(C(=O)CN1CCN(c2cccc(C(F)(F)F)c2)CC1)C[C@@H]3O. The first-order valence-corrected chi connectivity index (χ1v) is 14.2. The molecule has 0 radical (unpaired) electrons. The van der Waals surface area contributed by atoms with E-state index in [1.807, 2.05) is 0 Å². The third-order valence-corrected chi connectivity index (χ3v) is 8.89. The molecule has 13 heteroatoms. The molecule has 0 aromatic heterocycles. The number of aliphatic hydroxyl groups is 2. The molecule has 3 aliphatic rings. The zero-order valence-electron chi connectivity index (χ0n) is 24.0. The van der Waals surface area contributed by atoms with E-state index in [2.05, 4.69) is 0 Å². The quantitative estimate of drug-likeness (QED) is 0.244. The summed E-state index contributed by atoms with van der Waals surface area (Å²) in [5.74, 6) is -3.61. The molecule has 0 saturated carbocycles. The van der Waals surface area contributed by atoms with E-state index < -0.39 is 76.3 Å². The number of Topliss-reactive ketones (excluding diaryl/α,β-unsaturated/α-hetero) is 1. The van der Waals surface area contributed by atoms with Crippen molar-refractivity contribution in [3.05, 3.63) is 81.4 Å². The molecule has 1 fully saturated rings. The van der Waals surface area contributed by atoms with Gasteiger partial charge in [-0.3, -0.25) is 19.3 Å². The molecule has 10 nitrogen and oxygen atoms in total. The van der Waals surface area contributed by atoms with Crippen LogP contribution in [0.1, 0.15) is 61.1 Å². The number of carbonyl (C=O) groups is 3. The lowest BCUT2D eigenvalue weighted by Crippen LogP contribution is -2.53. The van der Waals surface area contributed by atoms with E-state index in [9.17, 15) is 48.0 Å². The first kappa shape index (κ1) is 30.6. The van der Waals surface area contributed by atoms with Gasteiger partial charge < -0.3 is 30.1 Å². The lowest BCUT2D eigenvalue weighted by molar-refractivity contribution is -0.143. The Kier molecular flexibility index (Phi) is 7.38. The maximum absolute atomic E-state index is 13.5. The molecule has 3 aromatic rings. The van der Waals surface area contributed by atoms with Crippen molar-refractivity contribution >= 4 is 23.0 Å². The Labute approximate surface area is 254 Å². The zero-order valence-corrected chi connectivity index (χ0v) is 24.0. The Bertz CT molecular complexity index is 1750. The number of anilines is 1. The monoisotopic (exact) mass is 626 g/mol. The van der Waals surface area contributed by atoms with Crippen LogP contribution in [0.25, 0.3) is 0 Å². The number of methoxy groups -OCH3 is 1. The molecular formula is C32H29F3N2O8. The highest BCUT2D eigenvalue weighted by atomic mass is 19.4. The molecule has 0 bridgehead atoms. The number of phenolic OH excluding ortho intramolecular Hbond substituents is 2. The molecule has 1 saturated heterocycles. The number of carbonyl (C=O) groups excluding carboxylic acids is 3. The minimum Gasteiger partial charge on any atom is -0.507 e. The van der Waals surface area contributed by atoms with Gasteiger partial charge in [0.05, 0.1) is 42.0 Å². The van der Waals surface area contributed by atoms with E-state index >= 15 is 0 Å². The van der Waals surface area contributed by atoms with Crippen LogP contribution in [0, 0.1) is 0 Å². The van der Waals surface area contributed by atoms with E-state index in [1.165, 1.54) is 31.4 Å². The molecule has 2 atom stereocenters. The molecule has 6 rings (SSSR count). The highest BCUT2D eigenvalue weighted by molar-refractivity contribution is 6.31. The lowest BCUT2D eigenvalue weighted by Gasteiger charge is -2.40. The summed E-state index contributed by atoms with van der Waals surface area (Å²) in [6.07, 6.45) is -7.23. The van der Waals surface area contributed by atoms with Crippen molar-refractivity contribution in [3.63, 3.8) is 0 Å². The van der Waals surface area contributed by atoms with Crippen LogP contribution >= 0.6 is 0 Å². The number of rotatable bonds is 5. The molecule has 3 aromatic carbocycles. The summed E-state index contributed by atoms with van der Waals surface area (Å²) >= 11 is 0. The first-order valence-electron chi connectivity index (χ1n) is 14.2. The Balaban J connectivity index is 1.23. The molecule has 0 unspecified atom stereocenters. The number of aliphatic hydroxyl groups excluding tert-OH is 1. The van der Waals surface area contributed by atoms with Crippen molar-refractivity contribution in [3.8, 4) is 17.2 Å². The van der Waals surface area contributed by atoms with Gasteiger partial charge in [-0.15, -0.1) is 0 Å². The second-order valence-corrected chi connectivity index (χ2v) is 11.5. The number of ketones is 3. The van der Waals surface area contributed by atoms with Crippen LogP contribution in [0.4, 0.5) is 18.9 Å². The fourth-order valence-electron chi connectivity index (χ4n) is 6.55. The Morgan fingerprint density at radius 1 is 0.978 bits per heavy atom. The van der Waals surface area contributed by atoms with Gasteiger partial charge in [0.2, 0.25) is 5.78 Å². The highest BCUT2D eigenvalue weighted by Gasteiger charge is 2.48. The summed E-state index contributed by atoms with van der Waals surface area (Å²) < 4.78 is 44.7. The smallest absolute Gasteiger partial charge is 0.416 e. The van der Waals surface area contributed by atoms with Gasteiger partial charge in [-0.05, 0) is 24.3 Å². The molecule has 4 N–H and O–H groups in total. The minimum absolute atomic E-state index is 0.0616. The van der Waals surface area contributed by atoms with Gasteiger partial charge in [-0.1, -0.05) is 18.2 Å². The van der Waals surface area contributed by atoms with Crippen LogP contribution in [0.2, 0.25) is 0 Å². The summed E-state index contributed by atoms with van der Waals surface area (Å²) in [6, 6.07) is 9.30. The molecule has 0 spiro atoms. The maximum atomic E-state index is 13.5. The summed E-state index contributed by atoms with van der Waals surface area (Å²) in [5.41, 5.74) is -4.18. The number of benzene rings is 3. The number of alkyl halides is 3. The molecule has 1 heterocycles. The summed E-state index contributed by atoms with van der Waals surface area (Å²) in [6.45, 7) is 0.993. The number of hydrogen-bond acceptors (Lipinski definition) is 10. The first-order chi connectivity index (χ1) is 21.2. The largest absolute Gasteiger partial charge is 0.507 e. The van der Waals surface area contributed by atoms with Crippen LogP contribution in [0.3, 0.4) is 0 Å². The summed E-state index contributed by atoms with van der Waals surface area (Å²) in [7, 11) is 1.31. The normalized spacial score (nSPS) is 21.6. The predicted octanol–water partition coefficient (Wildman–Crippen LogP) is 3.00. The number of ether oxygens (including phenoxy) is 1. The van der Waals surface area contributed by atoms with Crippen LogP contribution in [-0.4, -0.2) is 88.1 Å². The number of aromatic hydroxyl groups is 2. The number of piperazine rings is 1. The van der Waals surface area contributed by atoms with Crippen LogP contribution in [-0.2, 0) is 17.4 Å². The van der Waals surface area contributed by atoms with Gasteiger partial charge in [0, 0.05) is 61.4 Å². The summed E-state index contributed by atoms with van der Waals surface area (Å²) in [4.78, 5) is 43.9. The zero-order chi connectivity index (χ0) is 32.4.